The Balaban J connectivity index is 2.04. The SMILES string of the molecule is CCNC1CC(C)CC(C)C1Sc1nncs1. The van der Waals surface area contributed by atoms with Gasteiger partial charge in [-0.25, -0.2) is 0 Å². The van der Waals surface area contributed by atoms with E-state index in [1.165, 1.54) is 12.8 Å². The van der Waals surface area contributed by atoms with Crippen molar-refractivity contribution in [2.75, 3.05) is 6.54 Å². The van der Waals surface area contributed by atoms with Crippen molar-refractivity contribution in [2.45, 2.75) is 49.2 Å². The van der Waals surface area contributed by atoms with Crippen molar-refractivity contribution >= 4 is 23.1 Å². The van der Waals surface area contributed by atoms with Gasteiger partial charge in [-0.1, -0.05) is 43.9 Å². The lowest BCUT2D eigenvalue weighted by atomic mass is 9.80. The third-order valence-electron chi connectivity index (χ3n) is 3.43. The van der Waals surface area contributed by atoms with E-state index in [1.807, 2.05) is 17.3 Å². The second-order valence-corrected chi connectivity index (χ2v) is 7.26. The van der Waals surface area contributed by atoms with Gasteiger partial charge in [0.15, 0.2) is 4.34 Å². The molecule has 5 heteroatoms. The van der Waals surface area contributed by atoms with Crippen LogP contribution < -0.4 is 5.32 Å². The summed E-state index contributed by atoms with van der Waals surface area (Å²) in [6, 6.07) is 0.618. The van der Waals surface area contributed by atoms with E-state index >= 15 is 0 Å². The molecule has 17 heavy (non-hydrogen) atoms. The van der Waals surface area contributed by atoms with E-state index in [-0.39, 0.29) is 0 Å². The second kappa shape index (κ2) is 6.16. The van der Waals surface area contributed by atoms with Crippen LogP contribution in [-0.4, -0.2) is 28.0 Å². The first kappa shape index (κ1) is 13.3. The normalized spacial score (nSPS) is 33.8. The lowest BCUT2D eigenvalue weighted by Gasteiger charge is -2.39. The number of nitrogens with zero attached hydrogens (tertiary/aromatic N) is 2. The van der Waals surface area contributed by atoms with E-state index in [0.717, 1.165) is 22.7 Å². The number of thioether (sulfide) groups is 1. The number of hydrogen-bond acceptors (Lipinski definition) is 5. The molecule has 1 aromatic rings. The molecule has 4 unspecified atom stereocenters. The fraction of sp³-hybridized carbons (Fsp3) is 0.833. The third kappa shape index (κ3) is 3.42. The van der Waals surface area contributed by atoms with Crippen molar-refractivity contribution in [3.63, 3.8) is 0 Å². The van der Waals surface area contributed by atoms with Gasteiger partial charge in [0.25, 0.3) is 0 Å². The first-order valence-electron chi connectivity index (χ1n) is 6.37. The predicted molar refractivity (Wildman–Crippen MR) is 74.6 cm³/mol. The highest BCUT2D eigenvalue weighted by Gasteiger charge is 2.34. The summed E-state index contributed by atoms with van der Waals surface area (Å²) in [5.74, 6) is 1.58. The van der Waals surface area contributed by atoms with Crippen LogP contribution >= 0.6 is 23.1 Å². The molecule has 1 saturated carbocycles. The van der Waals surface area contributed by atoms with Gasteiger partial charge in [0, 0.05) is 11.3 Å². The summed E-state index contributed by atoms with van der Waals surface area (Å²) in [5.41, 5.74) is 1.82. The van der Waals surface area contributed by atoms with Crippen LogP contribution in [0.4, 0.5) is 0 Å². The molecule has 1 aliphatic rings. The van der Waals surface area contributed by atoms with Gasteiger partial charge in [-0.15, -0.1) is 10.2 Å². The summed E-state index contributed by atoms with van der Waals surface area (Å²) in [5, 5.41) is 12.4. The maximum Gasteiger partial charge on any atom is 0.174 e. The van der Waals surface area contributed by atoms with Crippen LogP contribution in [0, 0.1) is 11.8 Å². The quantitative estimate of drug-likeness (QED) is 0.913. The van der Waals surface area contributed by atoms with E-state index < -0.39 is 0 Å². The standard InChI is InChI=1S/C12H21N3S2/c1-4-13-10-6-8(2)5-9(3)11(10)17-12-15-14-7-16-12/h7-11,13H,4-6H2,1-3H3. The lowest BCUT2D eigenvalue weighted by Crippen LogP contribution is -2.46. The Kier molecular flexibility index (Phi) is 4.82. The Morgan fingerprint density at radius 1 is 1.47 bits per heavy atom. The number of aromatic nitrogens is 2. The molecule has 0 spiro atoms. The molecule has 1 aliphatic carbocycles. The Labute approximate surface area is 112 Å². The summed E-state index contributed by atoms with van der Waals surface area (Å²) < 4.78 is 1.11. The molecule has 0 aliphatic heterocycles. The van der Waals surface area contributed by atoms with Crippen LogP contribution in [0.15, 0.2) is 9.85 Å². The number of nitrogens with one attached hydrogen (secondary N) is 1. The van der Waals surface area contributed by atoms with Crippen molar-refractivity contribution in [3.05, 3.63) is 5.51 Å². The molecule has 0 saturated heterocycles. The monoisotopic (exact) mass is 271 g/mol. The molecule has 2 rings (SSSR count). The minimum absolute atomic E-state index is 0.618. The maximum atomic E-state index is 4.16. The van der Waals surface area contributed by atoms with Gasteiger partial charge < -0.3 is 5.32 Å². The number of hydrogen-bond donors (Lipinski definition) is 1. The smallest absolute Gasteiger partial charge is 0.174 e. The third-order valence-corrected chi connectivity index (χ3v) is 5.84. The molecule has 96 valence electrons. The van der Waals surface area contributed by atoms with Crippen LogP contribution in [0.5, 0.6) is 0 Å². The first-order chi connectivity index (χ1) is 8.20. The average molecular weight is 271 g/mol. The van der Waals surface area contributed by atoms with Crippen LogP contribution in [0.25, 0.3) is 0 Å². The molecule has 0 bridgehead atoms. The molecule has 1 aromatic heterocycles. The molecule has 1 N–H and O–H groups in total. The predicted octanol–water partition coefficient (Wildman–Crippen LogP) is 3.04. The molecule has 0 aromatic carbocycles. The zero-order chi connectivity index (χ0) is 12.3. The maximum absolute atomic E-state index is 4.16. The largest absolute Gasteiger partial charge is 0.313 e. The summed E-state index contributed by atoms with van der Waals surface area (Å²) >= 11 is 3.56. The Bertz CT molecular complexity index is 329. The van der Waals surface area contributed by atoms with Gasteiger partial charge in [0.05, 0.1) is 0 Å². The second-order valence-electron chi connectivity index (χ2n) is 5.01. The molecule has 0 radical (unpaired) electrons. The Hall–Kier alpha value is -0.130. The van der Waals surface area contributed by atoms with Gasteiger partial charge in [-0.3, -0.25) is 0 Å². The zero-order valence-electron chi connectivity index (χ0n) is 10.7. The van der Waals surface area contributed by atoms with Crippen molar-refractivity contribution in [3.8, 4) is 0 Å². The highest BCUT2D eigenvalue weighted by atomic mass is 32.2. The Morgan fingerprint density at radius 2 is 2.29 bits per heavy atom. The minimum atomic E-state index is 0.618. The zero-order valence-corrected chi connectivity index (χ0v) is 12.4. The van der Waals surface area contributed by atoms with Crippen molar-refractivity contribution in [1.29, 1.82) is 0 Å². The number of rotatable bonds is 4. The van der Waals surface area contributed by atoms with Gasteiger partial charge in [-0.2, -0.15) is 0 Å². The molecular formula is C12H21N3S2. The fourth-order valence-electron chi connectivity index (χ4n) is 2.82. The molecule has 1 heterocycles. The summed E-state index contributed by atoms with van der Waals surface area (Å²) in [6.45, 7) is 7.99. The van der Waals surface area contributed by atoms with E-state index in [2.05, 4.69) is 36.3 Å². The van der Waals surface area contributed by atoms with Gasteiger partial charge in [0.2, 0.25) is 0 Å². The van der Waals surface area contributed by atoms with Gasteiger partial charge in [0.1, 0.15) is 5.51 Å². The lowest BCUT2D eigenvalue weighted by molar-refractivity contribution is 0.251. The van der Waals surface area contributed by atoms with E-state index in [0.29, 0.717) is 11.3 Å². The topological polar surface area (TPSA) is 37.8 Å². The van der Waals surface area contributed by atoms with Gasteiger partial charge >= 0.3 is 0 Å². The fourth-order valence-corrected chi connectivity index (χ4v) is 4.83. The minimum Gasteiger partial charge on any atom is -0.313 e. The van der Waals surface area contributed by atoms with Crippen LogP contribution in [-0.2, 0) is 0 Å². The summed E-state index contributed by atoms with van der Waals surface area (Å²) in [4.78, 5) is 0. The summed E-state index contributed by atoms with van der Waals surface area (Å²) in [7, 11) is 0. The van der Waals surface area contributed by atoms with Crippen molar-refractivity contribution in [2.24, 2.45) is 11.8 Å². The average Bonchev–Trinajstić information content (AvgIpc) is 2.76. The van der Waals surface area contributed by atoms with Gasteiger partial charge in [-0.05, 0) is 31.2 Å². The Morgan fingerprint density at radius 3 is 2.94 bits per heavy atom. The summed E-state index contributed by atoms with van der Waals surface area (Å²) in [6.07, 6.45) is 2.62. The molecular weight excluding hydrogens is 250 g/mol. The molecule has 3 nitrogen and oxygen atoms in total. The van der Waals surface area contributed by atoms with Crippen molar-refractivity contribution in [1.82, 2.24) is 15.5 Å². The van der Waals surface area contributed by atoms with Crippen LogP contribution in [0.2, 0.25) is 0 Å². The van der Waals surface area contributed by atoms with Crippen LogP contribution in [0.3, 0.4) is 0 Å². The molecule has 0 amide bonds. The molecule has 4 atom stereocenters. The highest BCUT2D eigenvalue weighted by Crippen LogP contribution is 2.39. The van der Waals surface area contributed by atoms with E-state index in [9.17, 15) is 0 Å². The van der Waals surface area contributed by atoms with Crippen LogP contribution in [0.1, 0.15) is 33.6 Å². The highest BCUT2D eigenvalue weighted by molar-refractivity contribution is 8.01. The van der Waals surface area contributed by atoms with Crippen molar-refractivity contribution < 1.29 is 0 Å². The van der Waals surface area contributed by atoms with E-state index in [1.54, 1.807) is 11.3 Å². The van der Waals surface area contributed by atoms with E-state index in [4.69, 9.17) is 0 Å². The molecule has 1 fully saturated rings. The first-order valence-corrected chi connectivity index (χ1v) is 8.12.